The predicted octanol–water partition coefficient (Wildman–Crippen LogP) is 4.67. The van der Waals surface area contributed by atoms with E-state index in [0.29, 0.717) is 6.04 Å². The molecule has 4 heteroatoms. The monoisotopic (exact) mass is 355 g/mol. The van der Waals surface area contributed by atoms with Crippen molar-refractivity contribution in [2.45, 2.75) is 57.5 Å². The lowest BCUT2D eigenvalue weighted by Gasteiger charge is -2.22. The number of rotatable bonds is 5. The Balaban J connectivity index is 2.04. The molecule has 0 amide bonds. The zero-order valence-corrected chi connectivity index (χ0v) is 14.7. The standard InChI is InChI=1S/C17H26BrNO2/c1-20-16-11-10-15(18)14(17(16)21-2)12-19-13-8-6-4-3-5-7-9-13/h10-11,13,19H,3-9,12H2,1-2H3. The van der Waals surface area contributed by atoms with Gasteiger partial charge >= 0.3 is 0 Å². The maximum atomic E-state index is 5.54. The molecule has 0 aromatic heterocycles. The molecule has 0 heterocycles. The van der Waals surface area contributed by atoms with E-state index in [2.05, 4.69) is 21.2 Å². The highest BCUT2D eigenvalue weighted by Crippen LogP contribution is 2.36. The van der Waals surface area contributed by atoms with Crippen molar-refractivity contribution in [2.24, 2.45) is 0 Å². The van der Waals surface area contributed by atoms with E-state index in [4.69, 9.17) is 9.47 Å². The lowest BCUT2D eigenvalue weighted by atomic mass is 9.96. The Hall–Kier alpha value is -0.740. The number of hydrogen-bond donors (Lipinski definition) is 1. The van der Waals surface area contributed by atoms with Gasteiger partial charge in [-0.3, -0.25) is 0 Å². The maximum Gasteiger partial charge on any atom is 0.166 e. The maximum absolute atomic E-state index is 5.54. The van der Waals surface area contributed by atoms with E-state index in [1.807, 2.05) is 12.1 Å². The summed E-state index contributed by atoms with van der Waals surface area (Å²) in [5.74, 6) is 1.61. The molecule has 1 N–H and O–H groups in total. The molecule has 118 valence electrons. The zero-order valence-electron chi connectivity index (χ0n) is 13.1. The summed E-state index contributed by atoms with van der Waals surface area (Å²) in [5, 5.41) is 3.71. The molecule has 0 spiro atoms. The van der Waals surface area contributed by atoms with Crippen LogP contribution in [0.25, 0.3) is 0 Å². The van der Waals surface area contributed by atoms with Crippen molar-refractivity contribution in [1.82, 2.24) is 5.32 Å². The number of hydrogen-bond acceptors (Lipinski definition) is 3. The highest BCUT2D eigenvalue weighted by molar-refractivity contribution is 9.10. The van der Waals surface area contributed by atoms with Crippen LogP contribution >= 0.6 is 15.9 Å². The molecule has 0 saturated heterocycles. The molecule has 0 bridgehead atoms. The summed E-state index contributed by atoms with van der Waals surface area (Å²) in [5.41, 5.74) is 1.14. The van der Waals surface area contributed by atoms with E-state index in [1.54, 1.807) is 14.2 Å². The lowest BCUT2D eigenvalue weighted by Crippen LogP contribution is -2.29. The van der Waals surface area contributed by atoms with Crippen LogP contribution in [0.1, 0.15) is 50.5 Å². The third-order valence-electron chi connectivity index (χ3n) is 4.26. The van der Waals surface area contributed by atoms with Crippen molar-refractivity contribution < 1.29 is 9.47 Å². The van der Waals surface area contributed by atoms with Crippen LogP contribution in [-0.2, 0) is 6.54 Å². The second kappa shape index (κ2) is 8.64. The summed E-state index contributed by atoms with van der Waals surface area (Å²) in [6, 6.07) is 4.58. The minimum Gasteiger partial charge on any atom is -0.493 e. The molecule has 0 unspecified atom stereocenters. The average molecular weight is 356 g/mol. The van der Waals surface area contributed by atoms with Gasteiger partial charge in [0.1, 0.15) is 0 Å². The molecule has 1 aromatic rings. The van der Waals surface area contributed by atoms with Gasteiger partial charge in [0.2, 0.25) is 0 Å². The van der Waals surface area contributed by atoms with Crippen LogP contribution in [0.5, 0.6) is 11.5 Å². The SMILES string of the molecule is COc1ccc(Br)c(CNC2CCCCCCC2)c1OC. The van der Waals surface area contributed by atoms with Gasteiger partial charge in [-0.05, 0) is 25.0 Å². The Labute approximate surface area is 136 Å². The van der Waals surface area contributed by atoms with Gasteiger partial charge in [0.15, 0.2) is 11.5 Å². The minimum atomic E-state index is 0.619. The van der Waals surface area contributed by atoms with E-state index in [0.717, 1.165) is 28.1 Å². The van der Waals surface area contributed by atoms with Gasteiger partial charge in [-0.15, -0.1) is 0 Å². The Morgan fingerprint density at radius 2 is 1.71 bits per heavy atom. The van der Waals surface area contributed by atoms with E-state index < -0.39 is 0 Å². The van der Waals surface area contributed by atoms with Crippen LogP contribution in [-0.4, -0.2) is 20.3 Å². The van der Waals surface area contributed by atoms with Gasteiger partial charge in [0.05, 0.1) is 14.2 Å². The largest absolute Gasteiger partial charge is 0.493 e. The molecular formula is C17H26BrNO2. The quantitative estimate of drug-likeness (QED) is 0.832. The van der Waals surface area contributed by atoms with Crippen LogP contribution in [0, 0.1) is 0 Å². The first kappa shape index (κ1) is 16.6. The second-order valence-electron chi connectivity index (χ2n) is 5.68. The molecular weight excluding hydrogens is 330 g/mol. The first-order valence-corrected chi connectivity index (χ1v) is 8.68. The van der Waals surface area contributed by atoms with Gasteiger partial charge in [0.25, 0.3) is 0 Å². The molecule has 3 nitrogen and oxygen atoms in total. The molecule has 0 aliphatic heterocycles. The first-order chi connectivity index (χ1) is 10.3. The molecule has 1 aliphatic carbocycles. The Kier molecular flexibility index (Phi) is 6.84. The van der Waals surface area contributed by atoms with E-state index >= 15 is 0 Å². The fraction of sp³-hybridized carbons (Fsp3) is 0.647. The second-order valence-corrected chi connectivity index (χ2v) is 6.54. The van der Waals surface area contributed by atoms with Gasteiger partial charge in [-0.1, -0.05) is 48.0 Å². The van der Waals surface area contributed by atoms with Gasteiger partial charge < -0.3 is 14.8 Å². The number of nitrogens with one attached hydrogen (secondary N) is 1. The van der Waals surface area contributed by atoms with Gasteiger partial charge in [0, 0.05) is 22.6 Å². The normalized spacial score (nSPS) is 17.1. The number of benzene rings is 1. The highest BCUT2D eigenvalue weighted by atomic mass is 79.9. The van der Waals surface area contributed by atoms with Crippen molar-refractivity contribution in [3.63, 3.8) is 0 Å². The van der Waals surface area contributed by atoms with E-state index in [-0.39, 0.29) is 0 Å². The molecule has 1 aliphatic rings. The van der Waals surface area contributed by atoms with Crippen LogP contribution in [0.2, 0.25) is 0 Å². The Morgan fingerprint density at radius 1 is 1.05 bits per heavy atom. The predicted molar refractivity (Wildman–Crippen MR) is 90.2 cm³/mol. The van der Waals surface area contributed by atoms with Crippen LogP contribution in [0.15, 0.2) is 16.6 Å². The Bertz CT molecular complexity index is 443. The molecule has 0 atom stereocenters. The fourth-order valence-electron chi connectivity index (χ4n) is 3.04. The number of halogens is 1. The molecule has 2 rings (SSSR count). The lowest BCUT2D eigenvalue weighted by molar-refractivity contribution is 0.345. The minimum absolute atomic E-state index is 0.619. The van der Waals surface area contributed by atoms with Crippen molar-refractivity contribution in [1.29, 1.82) is 0 Å². The summed E-state index contributed by atoms with van der Waals surface area (Å²) in [4.78, 5) is 0. The van der Waals surface area contributed by atoms with Gasteiger partial charge in [-0.25, -0.2) is 0 Å². The molecule has 21 heavy (non-hydrogen) atoms. The summed E-state index contributed by atoms with van der Waals surface area (Å²) in [6.07, 6.45) is 9.41. The highest BCUT2D eigenvalue weighted by Gasteiger charge is 2.16. The summed E-state index contributed by atoms with van der Waals surface area (Å²) >= 11 is 3.63. The summed E-state index contributed by atoms with van der Waals surface area (Å²) in [7, 11) is 3.38. The topological polar surface area (TPSA) is 30.5 Å². The van der Waals surface area contributed by atoms with Crippen molar-refractivity contribution >= 4 is 15.9 Å². The van der Waals surface area contributed by atoms with Crippen LogP contribution in [0.3, 0.4) is 0 Å². The number of methoxy groups -OCH3 is 2. The molecule has 1 aromatic carbocycles. The summed E-state index contributed by atoms with van der Waals surface area (Å²) in [6.45, 7) is 0.811. The summed E-state index contributed by atoms with van der Waals surface area (Å²) < 4.78 is 12.0. The van der Waals surface area contributed by atoms with Crippen molar-refractivity contribution in [3.05, 3.63) is 22.2 Å². The Morgan fingerprint density at radius 3 is 2.33 bits per heavy atom. The zero-order chi connectivity index (χ0) is 15.1. The van der Waals surface area contributed by atoms with Crippen LogP contribution in [0.4, 0.5) is 0 Å². The van der Waals surface area contributed by atoms with Gasteiger partial charge in [-0.2, -0.15) is 0 Å². The third-order valence-corrected chi connectivity index (χ3v) is 5.01. The third kappa shape index (κ3) is 4.62. The number of ether oxygens (including phenoxy) is 2. The fourth-order valence-corrected chi connectivity index (χ4v) is 3.49. The van der Waals surface area contributed by atoms with Crippen molar-refractivity contribution in [2.75, 3.05) is 14.2 Å². The first-order valence-electron chi connectivity index (χ1n) is 7.89. The van der Waals surface area contributed by atoms with E-state index in [1.165, 1.54) is 44.9 Å². The molecule has 1 saturated carbocycles. The molecule has 0 radical (unpaired) electrons. The average Bonchev–Trinajstić information content (AvgIpc) is 2.47. The van der Waals surface area contributed by atoms with Crippen molar-refractivity contribution in [3.8, 4) is 11.5 Å². The van der Waals surface area contributed by atoms with E-state index in [9.17, 15) is 0 Å². The molecule has 1 fully saturated rings. The van der Waals surface area contributed by atoms with Crippen LogP contribution < -0.4 is 14.8 Å². The smallest absolute Gasteiger partial charge is 0.166 e.